The molecule has 0 amide bonds. The minimum Gasteiger partial charge on any atom is -0.465 e. The van der Waals surface area contributed by atoms with Crippen LogP contribution in [-0.2, 0) is 9.53 Å². The zero-order valence-corrected chi connectivity index (χ0v) is 16.6. The van der Waals surface area contributed by atoms with E-state index >= 15 is 0 Å². The molecule has 0 bridgehead atoms. The highest BCUT2D eigenvalue weighted by molar-refractivity contribution is 8.02. The van der Waals surface area contributed by atoms with Crippen LogP contribution in [0.25, 0.3) is 0 Å². The molecular weight excluding hydrogens is 360 g/mol. The Hall–Kier alpha value is -2.26. The van der Waals surface area contributed by atoms with E-state index in [1.54, 1.807) is 38.1 Å². The van der Waals surface area contributed by atoms with Gasteiger partial charge in [0.15, 0.2) is 10.5 Å². The van der Waals surface area contributed by atoms with Crippen LogP contribution in [0.15, 0.2) is 41.6 Å². The fraction of sp³-hybridized carbons (Fsp3) is 0.476. The van der Waals surface area contributed by atoms with E-state index in [9.17, 15) is 14.9 Å². The van der Waals surface area contributed by atoms with Crippen molar-refractivity contribution in [2.24, 2.45) is 5.92 Å². The third-order valence-corrected chi connectivity index (χ3v) is 6.93. The van der Waals surface area contributed by atoms with Gasteiger partial charge in [-0.3, -0.25) is 9.59 Å². The molecule has 6 heteroatoms. The first kappa shape index (κ1) is 19.5. The lowest BCUT2D eigenvalue weighted by Gasteiger charge is -2.40. The second-order valence-corrected chi connectivity index (χ2v) is 8.05. The number of allylic oxidation sites excluding steroid dienone is 1. The molecule has 1 aromatic carbocycles. The topological polar surface area (TPSA) is 70.4 Å². The first-order chi connectivity index (χ1) is 13.1. The van der Waals surface area contributed by atoms with Gasteiger partial charge in [-0.15, -0.1) is 11.8 Å². The molecule has 142 valence electrons. The molecule has 0 aromatic heterocycles. The van der Waals surface area contributed by atoms with Gasteiger partial charge < -0.3 is 9.64 Å². The number of likely N-dealkylation sites (tertiary alicyclic amines) is 1. The lowest BCUT2D eigenvalue weighted by Crippen LogP contribution is -2.53. The molecule has 2 unspecified atom stereocenters. The van der Waals surface area contributed by atoms with Crippen molar-refractivity contribution in [2.75, 3.05) is 25.4 Å². The standard InChI is InChI=1S/C21H24N2O3S/c1-3-26-20(25)21(19(24)16-9-5-4-6-10-16)15(2)17(13-22)18(14-27-21)23-11-7-8-12-23/h4-6,9-10,15H,3,7-8,11-12,14H2,1-2H3. The van der Waals surface area contributed by atoms with E-state index in [2.05, 4.69) is 11.0 Å². The van der Waals surface area contributed by atoms with Crippen molar-refractivity contribution in [1.82, 2.24) is 4.90 Å². The van der Waals surface area contributed by atoms with Crippen LogP contribution < -0.4 is 0 Å². The number of nitriles is 1. The summed E-state index contributed by atoms with van der Waals surface area (Å²) in [7, 11) is 0. The van der Waals surface area contributed by atoms with Crippen molar-refractivity contribution >= 4 is 23.5 Å². The maximum Gasteiger partial charge on any atom is 0.330 e. The molecule has 0 N–H and O–H groups in total. The minimum absolute atomic E-state index is 0.195. The molecule has 2 atom stereocenters. The highest BCUT2D eigenvalue weighted by Crippen LogP contribution is 2.47. The number of esters is 1. The van der Waals surface area contributed by atoms with Gasteiger partial charge in [0.25, 0.3) is 0 Å². The van der Waals surface area contributed by atoms with Crippen LogP contribution >= 0.6 is 11.8 Å². The zero-order chi connectivity index (χ0) is 19.4. The van der Waals surface area contributed by atoms with E-state index in [-0.39, 0.29) is 12.4 Å². The minimum atomic E-state index is -1.42. The van der Waals surface area contributed by atoms with Crippen LogP contribution in [0.4, 0.5) is 0 Å². The quantitative estimate of drug-likeness (QED) is 0.440. The number of carbonyl (C=O) groups is 2. The molecule has 5 nitrogen and oxygen atoms in total. The van der Waals surface area contributed by atoms with Gasteiger partial charge >= 0.3 is 5.97 Å². The first-order valence-corrected chi connectivity index (χ1v) is 10.3. The molecule has 0 saturated carbocycles. The van der Waals surface area contributed by atoms with Gasteiger partial charge in [-0.25, -0.2) is 0 Å². The van der Waals surface area contributed by atoms with Gasteiger partial charge in [0.1, 0.15) is 0 Å². The number of benzene rings is 1. The summed E-state index contributed by atoms with van der Waals surface area (Å²) in [5, 5.41) is 9.88. The molecule has 0 aliphatic carbocycles. The molecule has 2 aliphatic heterocycles. The molecule has 0 spiro atoms. The molecule has 3 rings (SSSR count). The predicted octanol–water partition coefficient (Wildman–Crippen LogP) is 3.43. The SMILES string of the molecule is CCOC(=O)C1(C(=O)c2ccccc2)SCC(N2CCCC2)=C(C#N)C1C. The molecule has 2 heterocycles. The monoisotopic (exact) mass is 384 g/mol. The summed E-state index contributed by atoms with van der Waals surface area (Å²) in [4.78, 5) is 28.7. The molecule has 0 radical (unpaired) electrons. The normalized spacial score (nSPS) is 25.2. The van der Waals surface area contributed by atoms with E-state index in [0.717, 1.165) is 31.6 Å². The Bertz CT molecular complexity index is 793. The van der Waals surface area contributed by atoms with Crippen molar-refractivity contribution < 1.29 is 14.3 Å². The van der Waals surface area contributed by atoms with Crippen molar-refractivity contribution in [3.8, 4) is 6.07 Å². The summed E-state index contributed by atoms with van der Waals surface area (Å²) in [6, 6.07) is 11.1. The second kappa shape index (κ2) is 8.18. The summed E-state index contributed by atoms with van der Waals surface area (Å²) in [6.07, 6.45) is 2.21. The van der Waals surface area contributed by atoms with E-state index < -0.39 is 16.6 Å². The molecular formula is C21H24N2O3S. The van der Waals surface area contributed by atoms with Gasteiger partial charge in [0.05, 0.1) is 18.2 Å². The molecule has 2 aliphatic rings. The molecule has 1 fully saturated rings. The maximum atomic E-state index is 13.5. The van der Waals surface area contributed by atoms with Gasteiger partial charge in [-0.05, 0) is 19.8 Å². The van der Waals surface area contributed by atoms with Crippen LogP contribution in [0.3, 0.4) is 0 Å². The molecule has 1 saturated heterocycles. The summed E-state index contributed by atoms with van der Waals surface area (Å²) >= 11 is 1.31. The Kier molecular flexibility index (Phi) is 5.91. The zero-order valence-electron chi connectivity index (χ0n) is 15.7. The smallest absolute Gasteiger partial charge is 0.330 e. The van der Waals surface area contributed by atoms with E-state index in [0.29, 0.717) is 16.9 Å². The lowest BCUT2D eigenvalue weighted by molar-refractivity contribution is -0.145. The van der Waals surface area contributed by atoms with Gasteiger partial charge in [-0.1, -0.05) is 37.3 Å². The maximum absolute atomic E-state index is 13.5. The Morgan fingerprint density at radius 2 is 1.96 bits per heavy atom. The number of Topliss-reactive ketones (excluding diaryl/α,β-unsaturated/α-hetero) is 1. The number of hydrogen-bond acceptors (Lipinski definition) is 6. The molecule has 27 heavy (non-hydrogen) atoms. The largest absolute Gasteiger partial charge is 0.465 e. The van der Waals surface area contributed by atoms with Crippen LogP contribution in [0.1, 0.15) is 37.0 Å². The fourth-order valence-electron chi connectivity index (χ4n) is 3.88. The summed E-state index contributed by atoms with van der Waals surface area (Å²) in [5.41, 5.74) is 1.97. The Morgan fingerprint density at radius 1 is 1.30 bits per heavy atom. The third-order valence-electron chi connectivity index (χ3n) is 5.35. The number of ketones is 1. The average molecular weight is 385 g/mol. The Labute approximate surface area is 164 Å². The van der Waals surface area contributed by atoms with Crippen LogP contribution in [-0.4, -0.2) is 46.8 Å². The number of ether oxygens (including phenoxy) is 1. The van der Waals surface area contributed by atoms with Gasteiger partial charge in [-0.2, -0.15) is 5.26 Å². The number of rotatable bonds is 5. The van der Waals surface area contributed by atoms with Crippen LogP contribution in [0, 0.1) is 17.2 Å². The average Bonchev–Trinajstić information content (AvgIpc) is 3.22. The predicted molar refractivity (Wildman–Crippen MR) is 105 cm³/mol. The number of carbonyl (C=O) groups excluding carboxylic acids is 2. The van der Waals surface area contributed by atoms with Crippen molar-refractivity contribution in [2.45, 2.75) is 31.4 Å². The van der Waals surface area contributed by atoms with Crippen LogP contribution in [0.2, 0.25) is 0 Å². The lowest BCUT2D eigenvalue weighted by atomic mass is 9.80. The first-order valence-electron chi connectivity index (χ1n) is 9.35. The Balaban J connectivity index is 2.08. The van der Waals surface area contributed by atoms with E-state index in [1.807, 2.05) is 6.07 Å². The second-order valence-electron chi connectivity index (χ2n) is 6.83. The van der Waals surface area contributed by atoms with Crippen LogP contribution in [0.5, 0.6) is 0 Å². The van der Waals surface area contributed by atoms with E-state index in [1.165, 1.54) is 11.8 Å². The van der Waals surface area contributed by atoms with E-state index in [4.69, 9.17) is 4.74 Å². The summed E-state index contributed by atoms with van der Waals surface area (Å²) < 4.78 is 3.90. The highest BCUT2D eigenvalue weighted by Gasteiger charge is 2.56. The summed E-state index contributed by atoms with van der Waals surface area (Å²) in [5.74, 6) is -0.926. The number of thioether (sulfide) groups is 1. The fourth-order valence-corrected chi connectivity index (χ4v) is 5.38. The van der Waals surface area contributed by atoms with Crippen molar-refractivity contribution in [3.05, 3.63) is 47.2 Å². The van der Waals surface area contributed by atoms with Crippen molar-refractivity contribution in [1.29, 1.82) is 5.26 Å². The number of hydrogen-bond donors (Lipinski definition) is 0. The third kappa shape index (κ3) is 3.37. The Morgan fingerprint density at radius 3 is 2.56 bits per heavy atom. The van der Waals surface area contributed by atoms with Gasteiger partial charge in [0, 0.05) is 36.0 Å². The molecule has 1 aromatic rings. The highest BCUT2D eigenvalue weighted by atomic mass is 32.2. The van der Waals surface area contributed by atoms with Crippen molar-refractivity contribution in [3.63, 3.8) is 0 Å². The summed E-state index contributed by atoms with van der Waals surface area (Å²) in [6.45, 7) is 5.58. The van der Waals surface area contributed by atoms with Gasteiger partial charge in [0.2, 0.25) is 0 Å². The number of nitrogens with zero attached hydrogens (tertiary/aromatic N) is 2.